The molecule has 0 spiro atoms. The summed E-state index contributed by atoms with van der Waals surface area (Å²) in [4.78, 5) is 19.4. The van der Waals surface area contributed by atoms with E-state index in [1.165, 1.54) is 36.7 Å². The molecule has 128 valence electrons. The van der Waals surface area contributed by atoms with Gasteiger partial charge in [-0.3, -0.25) is 9.54 Å². The summed E-state index contributed by atoms with van der Waals surface area (Å²) in [5.41, 5.74) is 3.52. The molecule has 0 saturated heterocycles. The SMILES string of the molecule is NNc1ncc(N(c2ccc(C(=O)O)cc2)S(=O)O)c2ncccc12. The summed E-state index contributed by atoms with van der Waals surface area (Å²) in [5.74, 6) is 4.72. The molecule has 1 atom stereocenters. The summed E-state index contributed by atoms with van der Waals surface area (Å²) >= 11 is -2.43. The average molecular weight is 359 g/mol. The Morgan fingerprint density at radius 1 is 1.20 bits per heavy atom. The van der Waals surface area contributed by atoms with Crippen molar-refractivity contribution in [3.8, 4) is 0 Å². The van der Waals surface area contributed by atoms with Crippen LogP contribution in [0, 0.1) is 0 Å². The van der Waals surface area contributed by atoms with Crippen LogP contribution in [0.3, 0.4) is 0 Å². The van der Waals surface area contributed by atoms with E-state index in [1.807, 2.05) is 0 Å². The Hall–Kier alpha value is -3.08. The molecule has 3 aromatic rings. The van der Waals surface area contributed by atoms with Gasteiger partial charge in [-0.05, 0) is 36.4 Å². The number of anilines is 3. The zero-order chi connectivity index (χ0) is 18.0. The zero-order valence-corrected chi connectivity index (χ0v) is 13.5. The van der Waals surface area contributed by atoms with Crippen molar-refractivity contribution in [1.29, 1.82) is 0 Å². The first-order chi connectivity index (χ1) is 12.0. The molecule has 0 aliphatic carbocycles. The number of hydrogen-bond donors (Lipinski definition) is 4. The molecule has 0 aliphatic rings. The van der Waals surface area contributed by atoms with Gasteiger partial charge >= 0.3 is 5.97 Å². The van der Waals surface area contributed by atoms with E-state index in [1.54, 1.807) is 12.1 Å². The molecular weight excluding hydrogens is 346 g/mol. The molecule has 2 heterocycles. The zero-order valence-electron chi connectivity index (χ0n) is 12.7. The fourth-order valence-corrected chi connectivity index (χ4v) is 2.98. The number of nitrogens with one attached hydrogen (secondary N) is 1. The largest absolute Gasteiger partial charge is 0.478 e. The third-order valence-corrected chi connectivity index (χ3v) is 4.20. The number of nitrogen functional groups attached to an aromatic ring is 1. The molecule has 1 unspecified atom stereocenters. The van der Waals surface area contributed by atoms with E-state index >= 15 is 0 Å². The van der Waals surface area contributed by atoms with E-state index in [2.05, 4.69) is 15.4 Å². The Balaban J connectivity index is 2.18. The highest BCUT2D eigenvalue weighted by atomic mass is 32.2. The molecule has 9 nitrogen and oxygen atoms in total. The molecule has 3 rings (SSSR count). The Labute approximate surface area is 144 Å². The van der Waals surface area contributed by atoms with Gasteiger partial charge in [0, 0.05) is 11.6 Å². The van der Waals surface area contributed by atoms with E-state index in [4.69, 9.17) is 10.9 Å². The van der Waals surface area contributed by atoms with Gasteiger partial charge in [0.2, 0.25) is 0 Å². The topological polar surface area (TPSA) is 142 Å². The van der Waals surface area contributed by atoms with Crippen molar-refractivity contribution < 1.29 is 18.7 Å². The lowest BCUT2D eigenvalue weighted by Crippen LogP contribution is -2.20. The van der Waals surface area contributed by atoms with Crippen molar-refractivity contribution in [2.24, 2.45) is 5.84 Å². The molecule has 25 heavy (non-hydrogen) atoms. The maximum absolute atomic E-state index is 11.9. The van der Waals surface area contributed by atoms with E-state index in [0.717, 1.165) is 4.31 Å². The molecule has 10 heteroatoms. The summed E-state index contributed by atoms with van der Waals surface area (Å²) in [7, 11) is 0. The van der Waals surface area contributed by atoms with Crippen LogP contribution in [0.4, 0.5) is 17.2 Å². The van der Waals surface area contributed by atoms with Crippen molar-refractivity contribution in [2.45, 2.75) is 0 Å². The third-order valence-electron chi connectivity index (χ3n) is 3.48. The van der Waals surface area contributed by atoms with Crippen LogP contribution in [0.2, 0.25) is 0 Å². The molecule has 1 aromatic carbocycles. The maximum atomic E-state index is 11.9. The van der Waals surface area contributed by atoms with Crippen LogP contribution in [0.25, 0.3) is 10.9 Å². The van der Waals surface area contributed by atoms with E-state index in [-0.39, 0.29) is 11.3 Å². The Morgan fingerprint density at radius 3 is 2.52 bits per heavy atom. The van der Waals surface area contributed by atoms with Gasteiger partial charge in [0.25, 0.3) is 11.3 Å². The second-order valence-electron chi connectivity index (χ2n) is 4.91. The van der Waals surface area contributed by atoms with Crippen molar-refractivity contribution in [3.05, 3.63) is 54.4 Å². The van der Waals surface area contributed by atoms with Crippen LogP contribution in [0.15, 0.2) is 48.8 Å². The highest BCUT2D eigenvalue weighted by Crippen LogP contribution is 2.33. The van der Waals surface area contributed by atoms with Crippen molar-refractivity contribution >= 4 is 45.3 Å². The summed E-state index contributed by atoms with van der Waals surface area (Å²) < 4.78 is 22.8. The summed E-state index contributed by atoms with van der Waals surface area (Å²) in [6.45, 7) is 0. The second-order valence-corrected chi connectivity index (χ2v) is 5.74. The average Bonchev–Trinajstić information content (AvgIpc) is 2.62. The highest BCUT2D eigenvalue weighted by Gasteiger charge is 2.20. The predicted molar refractivity (Wildman–Crippen MR) is 93.7 cm³/mol. The number of pyridine rings is 2. The van der Waals surface area contributed by atoms with Crippen LogP contribution < -0.4 is 15.6 Å². The molecule has 0 fully saturated rings. The lowest BCUT2D eigenvalue weighted by molar-refractivity contribution is 0.0697. The first-order valence-corrected chi connectivity index (χ1v) is 8.04. The highest BCUT2D eigenvalue weighted by molar-refractivity contribution is 7.81. The number of carbonyl (C=O) groups is 1. The number of carboxylic acids is 1. The van der Waals surface area contributed by atoms with E-state index in [9.17, 15) is 13.6 Å². The normalized spacial score (nSPS) is 11.9. The molecule has 0 saturated carbocycles. The number of benzene rings is 1. The molecule has 0 bridgehead atoms. The van der Waals surface area contributed by atoms with Gasteiger partial charge in [0.15, 0.2) is 0 Å². The number of hydrazine groups is 1. The molecule has 0 amide bonds. The first-order valence-electron chi connectivity index (χ1n) is 6.97. The molecule has 2 aromatic heterocycles. The minimum absolute atomic E-state index is 0.0659. The number of nitrogens with zero attached hydrogens (tertiary/aromatic N) is 3. The number of aromatic carboxylic acids is 1. The molecule has 0 radical (unpaired) electrons. The Morgan fingerprint density at radius 2 is 1.92 bits per heavy atom. The van der Waals surface area contributed by atoms with Crippen LogP contribution >= 0.6 is 0 Å². The standard InChI is InChI=1S/C15H13N5O4S/c16-19-14-11-2-1-7-17-13(11)12(8-18-14)20(25(23)24)10-5-3-9(4-6-10)15(21)22/h1-8H,16H2,(H,18,19)(H,21,22)(H,23,24). The summed E-state index contributed by atoms with van der Waals surface area (Å²) in [5, 5.41) is 9.55. The summed E-state index contributed by atoms with van der Waals surface area (Å²) in [6.07, 6.45) is 2.90. The van der Waals surface area contributed by atoms with Gasteiger partial charge in [-0.25, -0.2) is 24.1 Å². The van der Waals surface area contributed by atoms with Gasteiger partial charge in [-0.2, -0.15) is 0 Å². The number of rotatable bonds is 5. The monoisotopic (exact) mass is 359 g/mol. The maximum Gasteiger partial charge on any atom is 0.335 e. The van der Waals surface area contributed by atoms with Crippen LogP contribution in [-0.2, 0) is 11.3 Å². The minimum atomic E-state index is -2.43. The Kier molecular flexibility index (Phi) is 4.57. The minimum Gasteiger partial charge on any atom is -0.478 e. The van der Waals surface area contributed by atoms with Gasteiger partial charge in [-0.1, -0.05) is 0 Å². The van der Waals surface area contributed by atoms with Gasteiger partial charge in [0.05, 0.1) is 17.4 Å². The van der Waals surface area contributed by atoms with Crippen molar-refractivity contribution in [1.82, 2.24) is 9.97 Å². The quantitative estimate of drug-likeness (QED) is 0.307. The summed E-state index contributed by atoms with van der Waals surface area (Å²) in [6, 6.07) is 8.96. The number of nitrogens with two attached hydrogens (primary N) is 1. The van der Waals surface area contributed by atoms with E-state index < -0.39 is 17.2 Å². The number of carboxylic acid groups (broad SMARTS) is 1. The lowest BCUT2D eigenvalue weighted by Gasteiger charge is -2.21. The van der Waals surface area contributed by atoms with Gasteiger partial charge in [0.1, 0.15) is 17.0 Å². The molecule has 0 aliphatic heterocycles. The lowest BCUT2D eigenvalue weighted by atomic mass is 10.2. The second kappa shape index (κ2) is 6.81. The number of hydrogen-bond acceptors (Lipinski definition) is 6. The third kappa shape index (κ3) is 3.13. The fourth-order valence-electron chi connectivity index (χ4n) is 2.37. The smallest absolute Gasteiger partial charge is 0.335 e. The fraction of sp³-hybridized carbons (Fsp3) is 0. The van der Waals surface area contributed by atoms with Gasteiger partial charge < -0.3 is 10.5 Å². The van der Waals surface area contributed by atoms with Gasteiger partial charge in [-0.15, -0.1) is 0 Å². The predicted octanol–water partition coefficient (Wildman–Crippen LogP) is 1.89. The van der Waals surface area contributed by atoms with Crippen molar-refractivity contribution in [3.63, 3.8) is 0 Å². The van der Waals surface area contributed by atoms with Crippen LogP contribution in [0.1, 0.15) is 10.4 Å². The van der Waals surface area contributed by atoms with Crippen molar-refractivity contribution in [2.75, 3.05) is 9.73 Å². The van der Waals surface area contributed by atoms with Crippen LogP contribution in [0.5, 0.6) is 0 Å². The number of fused-ring (bicyclic) bond motifs is 1. The Bertz CT molecular complexity index is 964. The van der Waals surface area contributed by atoms with E-state index in [0.29, 0.717) is 22.4 Å². The molecule has 5 N–H and O–H groups in total. The number of aromatic nitrogens is 2. The van der Waals surface area contributed by atoms with Crippen LogP contribution in [-0.4, -0.2) is 29.8 Å². The first kappa shape index (κ1) is 16.8. The molecular formula is C15H13N5O4S.